The number of hydrogen-bond donors (Lipinski definition) is 0. The summed E-state index contributed by atoms with van der Waals surface area (Å²) in [5, 5.41) is 3.79. The Morgan fingerprint density at radius 2 is 2.03 bits per heavy atom. The Kier molecular flexibility index (Phi) is 5.38. The molecule has 6 nitrogen and oxygen atoms in total. The van der Waals surface area contributed by atoms with Crippen LogP contribution in [0, 0.1) is 5.82 Å². The fraction of sp³-hybridized carbons (Fsp3) is 0.286. The monoisotopic (exact) mass is 435 g/mol. The molecule has 1 fully saturated rings. The number of carbonyl (C=O) groups is 1. The number of carbonyl (C=O) groups excluding carboxylic acids is 1. The third-order valence-electron chi connectivity index (χ3n) is 5.09. The molecule has 1 unspecified atom stereocenters. The summed E-state index contributed by atoms with van der Waals surface area (Å²) >= 11 is 0. The normalized spacial score (nSPS) is 16.5. The molecule has 0 N–H and O–H groups in total. The fourth-order valence-corrected chi connectivity index (χ4v) is 3.55. The molecule has 2 aromatic carbocycles. The largest absolute Gasteiger partial charge is 0.494 e. The minimum Gasteiger partial charge on any atom is -0.494 e. The molecule has 0 radical (unpaired) electrons. The van der Waals surface area contributed by atoms with E-state index in [0.717, 1.165) is 18.2 Å². The first kappa shape index (κ1) is 20.8. The van der Waals surface area contributed by atoms with Crippen LogP contribution in [0.1, 0.15) is 40.7 Å². The van der Waals surface area contributed by atoms with Crippen LogP contribution in [0.25, 0.3) is 11.4 Å². The Morgan fingerprint density at radius 1 is 1.23 bits per heavy atom. The molecular weight excluding hydrogens is 418 g/mol. The minimum absolute atomic E-state index is 0.00380. The summed E-state index contributed by atoms with van der Waals surface area (Å²) in [6, 6.07) is 7.97. The van der Waals surface area contributed by atoms with Crippen molar-refractivity contribution in [1.29, 1.82) is 0 Å². The Morgan fingerprint density at radius 3 is 2.74 bits per heavy atom. The van der Waals surface area contributed by atoms with Crippen LogP contribution >= 0.6 is 0 Å². The van der Waals surface area contributed by atoms with Gasteiger partial charge in [0.15, 0.2) is 11.6 Å². The molecule has 1 aromatic heterocycles. The van der Waals surface area contributed by atoms with Crippen molar-refractivity contribution >= 4 is 5.91 Å². The molecule has 31 heavy (non-hydrogen) atoms. The molecule has 1 aliphatic heterocycles. The molecule has 1 aliphatic rings. The van der Waals surface area contributed by atoms with E-state index < -0.39 is 29.5 Å². The number of aromatic nitrogens is 2. The van der Waals surface area contributed by atoms with E-state index in [9.17, 15) is 22.4 Å². The van der Waals surface area contributed by atoms with E-state index in [-0.39, 0.29) is 28.6 Å². The summed E-state index contributed by atoms with van der Waals surface area (Å²) in [4.78, 5) is 18.6. The Balaban J connectivity index is 1.58. The number of likely N-dealkylation sites (tertiary alicyclic amines) is 1. The van der Waals surface area contributed by atoms with Gasteiger partial charge in [0, 0.05) is 17.7 Å². The van der Waals surface area contributed by atoms with Crippen LogP contribution in [0.15, 0.2) is 47.0 Å². The van der Waals surface area contributed by atoms with Crippen LogP contribution in [0.5, 0.6) is 5.75 Å². The molecule has 3 aromatic rings. The lowest BCUT2D eigenvalue weighted by Crippen LogP contribution is -2.30. The van der Waals surface area contributed by atoms with Crippen LogP contribution in [-0.2, 0) is 6.18 Å². The van der Waals surface area contributed by atoms with Crippen molar-refractivity contribution in [3.63, 3.8) is 0 Å². The average Bonchev–Trinajstić information content (AvgIpc) is 3.42. The first-order chi connectivity index (χ1) is 14.8. The highest BCUT2D eigenvalue weighted by atomic mass is 19.4. The molecule has 0 bridgehead atoms. The second-order valence-electron chi connectivity index (χ2n) is 7.04. The van der Waals surface area contributed by atoms with E-state index >= 15 is 0 Å². The summed E-state index contributed by atoms with van der Waals surface area (Å²) in [5.74, 6) is -0.933. The summed E-state index contributed by atoms with van der Waals surface area (Å²) < 4.78 is 63.1. The zero-order chi connectivity index (χ0) is 22.2. The van der Waals surface area contributed by atoms with Crippen molar-refractivity contribution in [1.82, 2.24) is 15.0 Å². The first-order valence-electron chi connectivity index (χ1n) is 9.43. The zero-order valence-corrected chi connectivity index (χ0v) is 16.3. The SMILES string of the molecule is COc1ccc(C(=O)N2CCCC2c2nc(-c3cccc(C(F)(F)F)c3)no2)cc1F. The van der Waals surface area contributed by atoms with Crippen molar-refractivity contribution in [3.8, 4) is 17.1 Å². The van der Waals surface area contributed by atoms with Crippen molar-refractivity contribution in [2.75, 3.05) is 13.7 Å². The maximum atomic E-state index is 14.0. The third kappa shape index (κ3) is 4.10. The topological polar surface area (TPSA) is 68.5 Å². The number of nitrogens with zero attached hydrogens (tertiary/aromatic N) is 3. The van der Waals surface area contributed by atoms with Gasteiger partial charge < -0.3 is 14.2 Å². The van der Waals surface area contributed by atoms with Gasteiger partial charge in [-0.15, -0.1) is 0 Å². The minimum atomic E-state index is -4.50. The van der Waals surface area contributed by atoms with Crippen LogP contribution in [0.4, 0.5) is 17.6 Å². The van der Waals surface area contributed by atoms with Gasteiger partial charge in [-0.05, 0) is 43.2 Å². The molecular formula is C21H17F4N3O3. The van der Waals surface area contributed by atoms with Gasteiger partial charge in [-0.25, -0.2) is 4.39 Å². The van der Waals surface area contributed by atoms with Crippen LogP contribution in [-0.4, -0.2) is 34.6 Å². The smallest absolute Gasteiger partial charge is 0.416 e. The third-order valence-corrected chi connectivity index (χ3v) is 5.09. The lowest BCUT2D eigenvalue weighted by molar-refractivity contribution is -0.137. The second kappa shape index (κ2) is 8.01. The number of methoxy groups -OCH3 is 1. The number of halogens is 4. The summed E-state index contributed by atoms with van der Waals surface area (Å²) in [6.45, 7) is 0.401. The van der Waals surface area contributed by atoms with Crippen molar-refractivity contribution in [2.45, 2.75) is 25.1 Å². The van der Waals surface area contributed by atoms with E-state index in [2.05, 4.69) is 10.1 Å². The van der Waals surface area contributed by atoms with Gasteiger partial charge in [0.05, 0.1) is 12.7 Å². The number of benzene rings is 2. The van der Waals surface area contributed by atoms with Crippen molar-refractivity contribution < 1.29 is 31.6 Å². The van der Waals surface area contributed by atoms with Crippen LogP contribution < -0.4 is 4.74 Å². The van der Waals surface area contributed by atoms with Gasteiger partial charge in [-0.2, -0.15) is 18.2 Å². The van der Waals surface area contributed by atoms with Gasteiger partial charge in [-0.3, -0.25) is 4.79 Å². The molecule has 1 amide bonds. The molecule has 0 spiro atoms. The maximum absolute atomic E-state index is 14.0. The summed E-state index contributed by atoms with van der Waals surface area (Å²) in [7, 11) is 1.33. The quantitative estimate of drug-likeness (QED) is 0.547. The van der Waals surface area contributed by atoms with E-state index in [1.807, 2.05) is 0 Å². The lowest BCUT2D eigenvalue weighted by atomic mass is 10.1. The highest BCUT2D eigenvalue weighted by molar-refractivity contribution is 5.94. The van der Waals surface area contributed by atoms with E-state index in [1.165, 1.54) is 36.3 Å². The maximum Gasteiger partial charge on any atom is 0.416 e. The van der Waals surface area contributed by atoms with Gasteiger partial charge in [0.25, 0.3) is 5.91 Å². The molecule has 4 rings (SSSR count). The summed E-state index contributed by atoms with van der Waals surface area (Å²) in [5.41, 5.74) is -0.531. The number of alkyl halides is 3. The predicted molar refractivity (Wildman–Crippen MR) is 101 cm³/mol. The van der Waals surface area contributed by atoms with Gasteiger partial charge in [0.1, 0.15) is 6.04 Å². The zero-order valence-electron chi connectivity index (χ0n) is 16.3. The molecule has 2 heterocycles. The standard InChI is InChI=1S/C21H17F4N3O3/c1-30-17-8-7-13(11-15(17)22)20(29)28-9-3-6-16(28)19-26-18(27-31-19)12-4-2-5-14(10-12)21(23,24)25/h2,4-5,7-8,10-11,16H,3,6,9H2,1H3. The molecule has 10 heteroatoms. The highest BCUT2D eigenvalue weighted by Crippen LogP contribution is 2.35. The van der Waals surface area contributed by atoms with Crippen LogP contribution in [0.2, 0.25) is 0 Å². The summed E-state index contributed by atoms with van der Waals surface area (Å²) in [6.07, 6.45) is -3.30. The molecule has 0 aliphatic carbocycles. The van der Waals surface area contributed by atoms with Gasteiger partial charge in [-0.1, -0.05) is 17.3 Å². The number of rotatable bonds is 4. The second-order valence-corrected chi connectivity index (χ2v) is 7.04. The molecule has 0 saturated carbocycles. The fourth-order valence-electron chi connectivity index (χ4n) is 3.55. The Labute approximate surface area is 174 Å². The molecule has 162 valence electrons. The Bertz CT molecular complexity index is 1110. The van der Waals surface area contributed by atoms with Gasteiger partial charge in [0.2, 0.25) is 11.7 Å². The lowest BCUT2D eigenvalue weighted by Gasteiger charge is -2.22. The van der Waals surface area contributed by atoms with E-state index in [4.69, 9.17) is 9.26 Å². The first-order valence-corrected chi connectivity index (χ1v) is 9.43. The predicted octanol–water partition coefficient (Wildman–Crippen LogP) is 4.88. The van der Waals surface area contributed by atoms with E-state index in [0.29, 0.717) is 19.4 Å². The Hall–Kier alpha value is -3.43. The average molecular weight is 435 g/mol. The highest BCUT2D eigenvalue weighted by Gasteiger charge is 2.35. The number of hydrogen-bond acceptors (Lipinski definition) is 5. The van der Waals surface area contributed by atoms with Crippen LogP contribution in [0.3, 0.4) is 0 Å². The van der Waals surface area contributed by atoms with Gasteiger partial charge >= 0.3 is 6.18 Å². The molecule has 1 atom stereocenters. The van der Waals surface area contributed by atoms with Crippen molar-refractivity contribution in [2.24, 2.45) is 0 Å². The van der Waals surface area contributed by atoms with Crippen molar-refractivity contribution in [3.05, 3.63) is 65.3 Å². The number of amides is 1. The van der Waals surface area contributed by atoms with E-state index in [1.54, 1.807) is 0 Å². The number of ether oxygens (including phenoxy) is 1. The molecule has 1 saturated heterocycles.